The van der Waals surface area contributed by atoms with Crippen molar-refractivity contribution >= 4 is 27.3 Å². The van der Waals surface area contributed by atoms with Gasteiger partial charge in [-0.2, -0.15) is 0 Å². The van der Waals surface area contributed by atoms with E-state index in [-0.39, 0.29) is 10.7 Å². The van der Waals surface area contributed by atoms with Gasteiger partial charge in [0, 0.05) is 12.1 Å². The first kappa shape index (κ1) is 15.8. The second-order valence-corrected chi connectivity index (χ2v) is 6.71. The Hall–Kier alpha value is -2.06. The minimum absolute atomic E-state index is 0.0282. The van der Waals surface area contributed by atoms with E-state index in [1.165, 1.54) is 12.1 Å². The maximum atomic E-state index is 13.7. The van der Waals surface area contributed by atoms with Gasteiger partial charge < -0.3 is 9.47 Å². The second-order valence-electron chi connectivity index (χ2n) is 4.66. The van der Waals surface area contributed by atoms with Crippen molar-refractivity contribution in [3.05, 3.63) is 47.0 Å². The van der Waals surface area contributed by atoms with Gasteiger partial charge in [-0.25, -0.2) is 17.2 Å². The summed E-state index contributed by atoms with van der Waals surface area (Å²) in [6.07, 6.45) is 0. The third-order valence-corrected chi connectivity index (χ3v) is 4.75. The van der Waals surface area contributed by atoms with Crippen LogP contribution in [0.4, 0.5) is 14.5 Å². The number of nitrogens with one attached hydrogen (secondary N) is 1. The van der Waals surface area contributed by atoms with Gasteiger partial charge in [0.15, 0.2) is 11.5 Å². The third-order valence-electron chi connectivity index (χ3n) is 3.06. The zero-order valence-electron chi connectivity index (χ0n) is 11.5. The topological polar surface area (TPSA) is 64.6 Å². The third kappa shape index (κ3) is 3.18. The lowest BCUT2D eigenvalue weighted by atomic mass is 10.2. The fourth-order valence-corrected chi connectivity index (χ4v) is 3.44. The van der Waals surface area contributed by atoms with Crippen molar-refractivity contribution in [3.8, 4) is 11.5 Å². The second kappa shape index (κ2) is 5.86. The fourth-order valence-electron chi connectivity index (χ4n) is 2.03. The highest BCUT2D eigenvalue weighted by atomic mass is 35.5. The molecular formula is C14H10ClF2NO4S. The Labute approximate surface area is 135 Å². The van der Waals surface area contributed by atoms with Crippen LogP contribution < -0.4 is 14.2 Å². The smallest absolute Gasteiger partial charge is 0.264 e. The average molecular weight is 362 g/mol. The number of ether oxygens (including phenoxy) is 2. The number of benzene rings is 2. The Morgan fingerprint density at radius 1 is 1.04 bits per heavy atom. The maximum Gasteiger partial charge on any atom is 0.264 e. The minimum atomic E-state index is -4.36. The molecule has 0 radical (unpaired) electrons. The highest BCUT2D eigenvalue weighted by Gasteiger charge is 2.23. The van der Waals surface area contributed by atoms with Crippen molar-refractivity contribution in [2.24, 2.45) is 0 Å². The zero-order chi connectivity index (χ0) is 16.6. The molecule has 0 bridgehead atoms. The summed E-state index contributed by atoms with van der Waals surface area (Å²) in [7, 11) is -4.36. The molecule has 5 nitrogen and oxygen atoms in total. The van der Waals surface area contributed by atoms with Crippen LogP contribution in [0.1, 0.15) is 0 Å². The number of hydrogen-bond acceptors (Lipinski definition) is 4. The van der Waals surface area contributed by atoms with Crippen molar-refractivity contribution in [1.82, 2.24) is 0 Å². The highest BCUT2D eigenvalue weighted by Crippen LogP contribution is 2.38. The molecule has 2 aromatic rings. The lowest BCUT2D eigenvalue weighted by Gasteiger charge is -2.20. The molecule has 0 spiro atoms. The van der Waals surface area contributed by atoms with Crippen LogP contribution in [-0.2, 0) is 10.0 Å². The summed E-state index contributed by atoms with van der Waals surface area (Å²) in [6.45, 7) is 0.655. The number of rotatable bonds is 3. The quantitative estimate of drug-likeness (QED) is 0.911. The van der Waals surface area contributed by atoms with E-state index in [1.807, 2.05) is 0 Å². The summed E-state index contributed by atoms with van der Waals surface area (Å²) in [5, 5.41) is 0.0367. The summed E-state index contributed by atoms with van der Waals surface area (Å²) in [5.74, 6) is -1.27. The SMILES string of the molecule is O=S(=O)(Nc1cc2c(cc1Cl)OCCO2)c1cc(F)ccc1F. The summed E-state index contributed by atoms with van der Waals surface area (Å²) >= 11 is 6.00. The van der Waals surface area contributed by atoms with E-state index >= 15 is 0 Å². The van der Waals surface area contributed by atoms with Gasteiger partial charge in [0.05, 0.1) is 10.7 Å². The van der Waals surface area contributed by atoms with Crippen LogP contribution in [0.3, 0.4) is 0 Å². The van der Waals surface area contributed by atoms with Crippen LogP contribution in [-0.4, -0.2) is 21.6 Å². The van der Waals surface area contributed by atoms with Crippen molar-refractivity contribution in [2.75, 3.05) is 17.9 Å². The van der Waals surface area contributed by atoms with Gasteiger partial charge in [-0.15, -0.1) is 0 Å². The van der Waals surface area contributed by atoms with E-state index in [0.29, 0.717) is 30.8 Å². The Balaban J connectivity index is 1.99. The van der Waals surface area contributed by atoms with E-state index in [0.717, 1.165) is 12.1 Å². The number of anilines is 1. The molecule has 0 unspecified atom stereocenters. The molecule has 0 saturated heterocycles. The Morgan fingerprint density at radius 2 is 1.70 bits per heavy atom. The monoisotopic (exact) mass is 361 g/mol. The first-order valence-electron chi connectivity index (χ1n) is 6.44. The van der Waals surface area contributed by atoms with Gasteiger partial charge in [-0.3, -0.25) is 4.72 Å². The van der Waals surface area contributed by atoms with Crippen molar-refractivity contribution in [3.63, 3.8) is 0 Å². The molecule has 9 heteroatoms. The molecule has 1 aliphatic rings. The molecule has 0 amide bonds. The summed E-state index contributed by atoms with van der Waals surface area (Å²) in [6, 6.07) is 4.85. The Morgan fingerprint density at radius 3 is 2.39 bits per heavy atom. The van der Waals surface area contributed by atoms with Crippen LogP contribution in [0.5, 0.6) is 11.5 Å². The van der Waals surface area contributed by atoms with Crippen molar-refractivity contribution in [2.45, 2.75) is 4.90 Å². The standard InChI is InChI=1S/C14H10ClF2NO4S/c15-9-6-12-13(22-4-3-21-12)7-11(9)18-23(19,20)14-5-8(16)1-2-10(14)17/h1-2,5-7,18H,3-4H2. The molecule has 0 atom stereocenters. The van der Waals surface area contributed by atoms with Crippen LogP contribution >= 0.6 is 11.6 Å². The average Bonchev–Trinajstić information content (AvgIpc) is 2.50. The number of halogens is 3. The molecule has 1 heterocycles. The highest BCUT2D eigenvalue weighted by molar-refractivity contribution is 7.92. The minimum Gasteiger partial charge on any atom is -0.486 e. The van der Waals surface area contributed by atoms with Gasteiger partial charge in [0.1, 0.15) is 29.7 Å². The summed E-state index contributed by atoms with van der Waals surface area (Å²) < 4.78 is 64.1. The van der Waals surface area contributed by atoms with E-state index in [9.17, 15) is 17.2 Å². The van der Waals surface area contributed by atoms with E-state index in [4.69, 9.17) is 21.1 Å². The van der Waals surface area contributed by atoms with E-state index < -0.39 is 26.6 Å². The molecule has 122 valence electrons. The largest absolute Gasteiger partial charge is 0.486 e. The lowest BCUT2D eigenvalue weighted by Crippen LogP contribution is -2.17. The molecule has 0 fully saturated rings. The van der Waals surface area contributed by atoms with Crippen LogP contribution in [0.25, 0.3) is 0 Å². The predicted molar refractivity (Wildman–Crippen MR) is 79.6 cm³/mol. The predicted octanol–water partition coefficient (Wildman–Crippen LogP) is 3.19. The Bertz CT molecular complexity index is 873. The normalized spacial score (nSPS) is 13.7. The molecule has 0 aliphatic carbocycles. The van der Waals surface area contributed by atoms with Crippen LogP contribution in [0.15, 0.2) is 35.2 Å². The van der Waals surface area contributed by atoms with Crippen LogP contribution in [0, 0.1) is 11.6 Å². The zero-order valence-corrected chi connectivity index (χ0v) is 13.0. The van der Waals surface area contributed by atoms with Gasteiger partial charge in [-0.1, -0.05) is 11.6 Å². The fraction of sp³-hybridized carbons (Fsp3) is 0.143. The van der Waals surface area contributed by atoms with E-state index in [1.54, 1.807) is 0 Å². The van der Waals surface area contributed by atoms with Crippen molar-refractivity contribution < 1.29 is 26.7 Å². The summed E-state index contributed by atoms with van der Waals surface area (Å²) in [4.78, 5) is -0.816. The number of sulfonamides is 1. The van der Waals surface area contributed by atoms with E-state index in [2.05, 4.69) is 4.72 Å². The molecule has 3 rings (SSSR count). The van der Waals surface area contributed by atoms with Crippen LogP contribution in [0.2, 0.25) is 5.02 Å². The van der Waals surface area contributed by atoms with Gasteiger partial charge in [0.25, 0.3) is 10.0 Å². The molecule has 2 aromatic carbocycles. The molecule has 1 N–H and O–H groups in total. The first-order chi connectivity index (χ1) is 10.9. The van der Waals surface area contributed by atoms with Gasteiger partial charge in [-0.05, 0) is 18.2 Å². The number of hydrogen-bond donors (Lipinski definition) is 1. The number of fused-ring (bicyclic) bond motifs is 1. The molecule has 23 heavy (non-hydrogen) atoms. The summed E-state index contributed by atoms with van der Waals surface area (Å²) in [5.41, 5.74) is -0.0282. The Kier molecular flexibility index (Phi) is 4.03. The maximum absolute atomic E-state index is 13.7. The molecule has 0 saturated carbocycles. The molecular weight excluding hydrogens is 352 g/mol. The molecule has 1 aliphatic heterocycles. The van der Waals surface area contributed by atoms with Gasteiger partial charge in [0.2, 0.25) is 0 Å². The lowest BCUT2D eigenvalue weighted by molar-refractivity contribution is 0.171. The molecule has 0 aromatic heterocycles. The van der Waals surface area contributed by atoms with Gasteiger partial charge >= 0.3 is 0 Å². The van der Waals surface area contributed by atoms with Crippen molar-refractivity contribution in [1.29, 1.82) is 0 Å². The first-order valence-corrected chi connectivity index (χ1v) is 8.30.